The van der Waals surface area contributed by atoms with Gasteiger partial charge in [0.2, 0.25) is 5.91 Å². The van der Waals surface area contributed by atoms with Crippen LogP contribution in [-0.4, -0.2) is 25.5 Å². The number of hydrogen-bond donors (Lipinski definition) is 1. The number of hydrogen-bond acceptors (Lipinski definition) is 2. The second kappa shape index (κ2) is 7.27. The van der Waals surface area contributed by atoms with Gasteiger partial charge in [-0.05, 0) is 31.9 Å². The van der Waals surface area contributed by atoms with Crippen LogP contribution in [0.4, 0.5) is 5.69 Å². The molecule has 0 spiro atoms. The number of anilines is 1. The van der Waals surface area contributed by atoms with E-state index in [0.29, 0.717) is 0 Å². The standard InChI is InChI=1S/C14H20N2O.ClH/c1-2-15-14(17)12-8-10-16(11-9-12)13-6-4-3-5-7-13;/h3-7,12H,2,8-11H2,1H3,(H,15,17);1H. The molecule has 100 valence electrons. The van der Waals surface area contributed by atoms with Gasteiger partial charge in [-0.3, -0.25) is 4.79 Å². The Balaban J connectivity index is 0.00000162. The molecule has 1 aromatic rings. The lowest BCUT2D eigenvalue weighted by Crippen LogP contribution is -2.40. The van der Waals surface area contributed by atoms with Crippen LogP contribution in [0, 0.1) is 5.92 Å². The highest BCUT2D eigenvalue weighted by molar-refractivity contribution is 5.85. The van der Waals surface area contributed by atoms with Gasteiger partial charge in [0.15, 0.2) is 0 Å². The molecule has 18 heavy (non-hydrogen) atoms. The van der Waals surface area contributed by atoms with Gasteiger partial charge in [-0.25, -0.2) is 0 Å². The zero-order valence-corrected chi connectivity index (χ0v) is 11.6. The number of amides is 1. The molecule has 4 heteroatoms. The molecule has 1 N–H and O–H groups in total. The molecule has 0 radical (unpaired) electrons. The molecule has 0 bridgehead atoms. The fraction of sp³-hybridized carbons (Fsp3) is 0.500. The molecule has 1 heterocycles. The third-order valence-corrected chi connectivity index (χ3v) is 3.34. The number of piperidine rings is 1. The molecule has 1 aromatic carbocycles. The van der Waals surface area contributed by atoms with Crippen LogP contribution in [0.25, 0.3) is 0 Å². The second-order valence-electron chi connectivity index (χ2n) is 4.49. The van der Waals surface area contributed by atoms with Crippen LogP contribution in [0.5, 0.6) is 0 Å². The van der Waals surface area contributed by atoms with E-state index in [4.69, 9.17) is 0 Å². The lowest BCUT2D eigenvalue weighted by molar-refractivity contribution is -0.125. The number of carbonyl (C=O) groups is 1. The highest BCUT2D eigenvalue weighted by atomic mass is 35.5. The molecule has 1 saturated heterocycles. The molecule has 2 rings (SSSR count). The molecular formula is C14H21ClN2O. The summed E-state index contributed by atoms with van der Waals surface area (Å²) in [5.41, 5.74) is 1.27. The Morgan fingerprint density at radius 3 is 2.44 bits per heavy atom. The Morgan fingerprint density at radius 2 is 1.89 bits per heavy atom. The van der Waals surface area contributed by atoms with Crippen LogP contribution in [0.3, 0.4) is 0 Å². The number of halogens is 1. The summed E-state index contributed by atoms with van der Waals surface area (Å²) >= 11 is 0. The van der Waals surface area contributed by atoms with Crippen molar-refractivity contribution < 1.29 is 4.79 Å². The second-order valence-corrected chi connectivity index (χ2v) is 4.49. The first-order valence-corrected chi connectivity index (χ1v) is 6.39. The molecule has 0 aromatic heterocycles. The number of nitrogens with zero attached hydrogens (tertiary/aromatic N) is 1. The molecule has 3 nitrogen and oxygen atoms in total. The first kappa shape index (κ1) is 14.8. The normalized spacial score (nSPS) is 15.9. The highest BCUT2D eigenvalue weighted by Crippen LogP contribution is 2.22. The van der Waals surface area contributed by atoms with Crippen LogP contribution in [0.15, 0.2) is 30.3 Å². The summed E-state index contributed by atoms with van der Waals surface area (Å²) in [7, 11) is 0. The first-order valence-electron chi connectivity index (χ1n) is 6.39. The van der Waals surface area contributed by atoms with Gasteiger partial charge in [0.25, 0.3) is 0 Å². The topological polar surface area (TPSA) is 32.3 Å². The van der Waals surface area contributed by atoms with Gasteiger partial charge in [0.05, 0.1) is 0 Å². The number of benzene rings is 1. The zero-order valence-electron chi connectivity index (χ0n) is 10.8. The summed E-state index contributed by atoms with van der Waals surface area (Å²) in [5, 5.41) is 2.91. The van der Waals surface area contributed by atoms with Gasteiger partial charge in [-0.2, -0.15) is 0 Å². The minimum atomic E-state index is 0. The van der Waals surface area contributed by atoms with Crippen LogP contribution in [-0.2, 0) is 4.79 Å². The van der Waals surface area contributed by atoms with E-state index >= 15 is 0 Å². The van der Waals surface area contributed by atoms with Gasteiger partial charge in [0, 0.05) is 31.2 Å². The predicted molar refractivity (Wildman–Crippen MR) is 77.3 cm³/mol. The van der Waals surface area contributed by atoms with E-state index < -0.39 is 0 Å². The fourth-order valence-electron chi connectivity index (χ4n) is 2.36. The van der Waals surface area contributed by atoms with Crippen LogP contribution in [0.1, 0.15) is 19.8 Å². The molecule has 1 aliphatic rings. The quantitative estimate of drug-likeness (QED) is 0.913. The van der Waals surface area contributed by atoms with Crippen LogP contribution >= 0.6 is 12.4 Å². The van der Waals surface area contributed by atoms with E-state index in [-0.39, 0.29) is 24.2 Å². The lowest BCUT2D eigenvalue weighted by Gasteiger charge is -2.32. The van der Waals surface area contributed by atoms with E-state index in [1.165, 1.54) is 5.69 Å². The van der Waals surface area contributed by atoms with Gasteiger partial charge in [-0.15, -0.1) is 12.4 Å². The smallest absolute Gasteiger partial charge is 0.223 e. The van der Waals surface area contributed by atoms with Crippen molar-refractivity contribution in [3.63, 3.8) is 0 Å². The summed E-state index contributed by atoms with van der Waals surface area (Å²) in [6.45, 7) is 4.66. The summed E-state index contributed by atoms with van der Waals surface area (Å²) in [4.78, 5) is 14.1. The maximum atomic E-state index is 11.7. The van der Waals surface area contributed by atoms with Crippen molar-refractivity contribution in [2.45, 2.75) is 19.8 Å². The van der Waals surface area contributed by atoms with Crippen molar-refractivity contribution in [1.29, 1.82) is 0 Å². The monoisotopic (exact) mass is 268 g/mol. The summed E-state index contributed by atoms with van der Waals surface area (Å²) in [6, 6.07) is 10.4. The largest absolute Gasteiger partial charge is 0.371 e. The third kappa shape index (κ3) is 3.64. The molecule has 0 atom stereocenters. The van der Waals surface area contributed by atoms with Crippen molar-refractivity contribution in [2.75, 3.05) is 24.5 Å². The van der Waals surface area contributed by atoms with E-state index in [0.717, 1.165) is 32.5 Å². The Kier molecular flexibility index (Phi) is 5.99. The minimum absolute atomic E-state index is 0. The molecule has 0 unspecified atom stereocenters. The van der Waals surface area contributed by atoms with E-state index in [1.54, 1.807) is 0 Å². The molecule has 0 saturated carbocycles. The molecule has 1 aliphatic heterocycles. The third-order valence-electron chi connectivity index (χ3n) is 3.34. The van der Waals surface area contributed by atoms with Gasteiger partial charge >= 0.3 is 0 Å². The van der Waals surface area contributed by atoms with Crippen molar-refractivity contribution in [3.05, 3.63) is 30.3 Å². The first-order chi connectivity index (χ1) is 8.31. The SMILES string of the molecule is CCNC(=O)C1CCN(c2ccccc2)CC1.Cl. The predicted octanol–water partition coefficient (Wildman–Crippen LogP) is 2.46. The van der Waals surface area contributed by atoms with Crippen molar-refractivity contribution in [3.8, 4) is 0 Å². The van der Waals surface area contributed by atoms with Crippen molar-refractivity contribution >= 4 is 24.0 Å². The molecular weight excluding hydrogens is 248 g/mol. The fourth-order valence-corrected chi connectivity index (χ4v) is 2.36. The Morgan fingerprint density at radius 1 is 1.28 bits per heavy atom. The van der Waals surface area contributed by atoms with Gasteiger partial charge in [-0.1, -0.05) is 18.2 Å². The van der Waals surface area contributed by atoms with Crippen LogP contribution in [0.2, 0.25) is 0 Å². The maximum absolute atomic E-state index is 11.7. The molecule has 1 amide bonds. The van der Waals surface area contributed by atoms with E-state index in [1.807, 2.05) is 13.0 Å². The zero-order chi connectivity index (χ0) is 12.1. The average molecular weight is 269 g/mol. The summed E-state index contributed by atoms with van der Waals surface area (Å²) in [5.74, 6) is 0.426. The Labute approximate surface area is 115 Å². The van der Waals surface area contributed by atoms with Crippen LogP contribution < -0.4 is 10.2 Å². The molecule has 1 fully saturated rings. The lowest BCUT2D eigenvalue weighted by atomic mass is 9.95. The Bertz CT molecular complexity index is 361. The molecule has 0 aliphatic carbocycles. The number of carbonyl (C=O) groups excluding carboxylic acids is 1. The summed E-state index contributed by atoms with van der Waals surface area (Å²) in [6.07, 6.45) is 1.92. The number of rotatable bonds is 3. The minimum Gasteiger partial charge on any atom is -0.371 e. The summed E-state index contributed by atoms with van der Waals surface area (Å²) < 4.78 is 0. The maximum Gasteiger partial charge on any atom is 0.223 e. The van der Waals surface area contributed by atoms with Crippen molar-refractivity contribution in [2.24, 2.45) is 5.92 Å². The highest BCUT2D eigenvalue weighted by Gasteiger charge is 2.24. The van der Waals surface area contributed by atoms with Crippen molar-refractivity contribution in [1.82, 2.24) is 5.32 Å². The average Bonchev–Trinajstić information content (AvgIpc) is 2.40. The van der Waals surface area contributed by atoms with Gasteiger partial charge in [0.1, 0.15) is 0 Å². The van der Waals surface area contributed by atoms with Gasteiger partial charge < -0.3 is 10.2 Å². The Hall–Kier alpha value is -1.22. The number of nitrogens with one attached hydrogen (secondary N) is 1. The number of para-hydroxylation sites is 1. The van der Waals surface area contributed by atoms with E-state index in [2.05, 4.69) is 34.5 Å². The van der Waals surface area contributed by atoms with E-state index in [9.17, 15) is 4.79 Å².